The van der Waals surface area contributed by atoms with Crippen LogP contribution >= 0.6 is 11.6 Å². The first kappa shape index (κ1) is 17.2. The van der Waals surface area contributed by atoms with Crippen molar-refractivity contribution in [2.75, 3.05) is 11.9 Å². The normalized spacial score (nSPS) is 14.6. The lowest BCUT2D eigenvalue weighted by Gasteiger charge is -2.12. The van der Waals surface area contributed by atoms with Crippen LogP contribution in [0.1, 0.15) is 18.1 Å². The second-order valence-electron chi connectivity index (χ2n) is 5.22. The number of anilines is 1. The highest BCUT2D eigenvalue weighted by molar-refractivity contribution is 6.36. The van der Waals surface area contributed by atoms with Gasteiger partial charge in [-0.3, -0.25) is 4.79 Å². The Bertz CT molecular complexity index is 852. The summed E-state index contributed by atoms with van der Waals surface area (Å²) >= 11 is 5.93. The molecule has 0 atom stereocenters. The molecule has 0 aromatic heterocycles. The maximum atomic E-state index is 12.5. The molecule has 1 amide bonds. The van der Waals surface area contributed by atoms with Gasteiger partial charge in [-0.05, 0) is 42.8 Å². The van der Waals surface area contributed by atoms with Crippen LogP contribution in [-0.4, -0.2) is 19.1 Å². The number of carbonyl (C=O) groups excluding carboxylic acids is 1. The number of ether oxygens (including phenoxy) is 2. The van der Waals surface area contributed by atoms with E-state index < -0.39 is 6.61 Å². The average molecular weight is 366 g/mol. The van der Waals surface area contributed by atoms with Gasteiger partial charge in [0, 0.05) is 16.2 Å². The van der Waals surface area contributed by atoms with Gasteiger partial charge in [-0.1, -0.05) is 23.7 Å². The molecule has 1 N–H and O–H groups in total. The molecule has 2 aromatic rings. The van der Waals surface area contributed by atoms with Gasteiger partial charge in [0.25, 0.3) is 5.91 Å². The van der Waals surface area contributed by atoms with E-state index in [1.807, 2.05) is 0 Å². The van der Waals surface area contributed by atoms with Crippen LogP contribution < -0.4 is 14.8 Å². The maximum Gasteiger partial charge on any atom is 0.387 e. The number of amides is 1. The summed E-state index contributed by atoms with van der Waals surface area (Å²) in [5.41, 5.74) is 2.43. The van der Waals surface area contributed by atoms with Gasteiger partial charge in [-0.2, -0.15) is 8.78 Å². The Morgan fingerprint density at radius 2 is 2.00 bits per heavy atom. The SMILES string of the molecule is CCOc1cc(/C=C2\C(=O)Nc3cc(Cl)ccc32)ccc1OC(F)F. The summed E-state index contributed by atoms with van der Waals surface area (Å²) < 4.78 is 34.7. The first-order valence-electron chi connectivity index (χ1n) is 7.52. The average Bonchev–Trinajstić information content (AvgIpc) is 2.84. The van der Waals surface area contributed by atoms with E-state index in [0.29, 0.717) is 28.5 Å². The van der Waals surface area contributed by atoms with Crippen molar-refractivity contribution in [2.45, 2.75) is 13.5 Å². The number of hydrogen-bond acceptors (Lipinski definition) is 3. The summed E-state index contributed by atoms with van der Waals surface area (Å²) in [4.78, 5) is 12.2. The van der Waals surface area contributed by atoms with Gasteiger partial charge in [0.1, 0.15) is 0 Å². The summed E-state index contributed by atoms with van der Waals surface area (Å²) in [6, 6.07) is 9.63. The van der Waals surface area contributed by atoms with Crippen molar-refractivity contribution in [1.82, 2.24) is 0 Å². The fraction of sp³-hybridized carbons (Fsp3) is 0.167. The zero-order valence-corrected chi connectivity index (χ0v) is 13.9. The number of hydrogen-bond donors (Lipinski definition) is 1. The first-order valence-corrected chi connectivity index (χ1v) is 7.90. The highest BCUT2D eigenvalue weighted by atomic mass is 35.5. The topological polar surface area (TPSA) is 47.6 Å². The summed E-state index contributed by atoms with van der Waals surface area (Å²) in [6.45, 7) is -0.913. The molecule has 1 aliphatic heterocycles. The highest BCUT2D eigenvalue weighted by Gasteiger charge is 2.24. The van der Waals surface area contributed by atoms with Crippen LogP contribution in [0.25, 0.3) is 11.6 Å². The molecule has 0 saturated carbocycles. The monoisotopic (exact) mass is 365 g/mol. The molecule has 0 fully saturated rings. The second-order valence-corrected chi connectivity index (χ2v) is 5.66. The van der Waals surface area contributed by atoms with Crippen LogP contribution in [0, 0.1) is 0 Å². The Hall–Kier alpha value is -2.60. The summed E-state index contributed by atoms with van der Waals surface area (Å²) in [5.74, 6) is -0.128. The minimum atomic E-state index is -2.94. The van der Waals surface area contributed by atoms with E-state index in [-0.39, 0.29) is 17.4 Å². The zero-order valence-electron chi connectivity index (χ0n) is 13.2. The summed E-state index contributed by atoms with van der Waals surface area (Å²) in [5, 5.41) is 3.26. The van der Waals surface area contributed by atoms with E-state index >= 15 is 0 Å². The van der Waals surface area contributed by atoms with Crippen molar-refractivity contribution in [3.63, 3.8) is 0 Å². The molecular weight excluding hydrogens is 352 g/mol. The molecule has 2 aromatic carbocycles. The minimum Gasteiger partial charge on any atom is -0.490 e. The lowest BCUT2D eigenvalue weighted by atomic mass is 10.0. The van der Waals surface area contributed by atoms with E-state index in [4.69, 9.17) is 16.3 Å². The minimum absolute atomic E-state index is 0.0537. The quantitative estimate of drug-likeness (QED) is 0.772. The van der Waals surface area contributed by atoms with Crippen LogP contribution in [0.3, 0.4) is 0 Å². The van der Waals surface area contributed by atoms with E-state index in [9.17, 15) is 13.6 Å². The molecule has 4 nitrogen and oxygen atoms in total. The van der Waals surface area contributed by atoms with Crippen LogP contribution in [0.15, 0.2) is 36.4 Å². The van der Waals surface area contributed by atoms with Gasteiger partial charge in [0.05, 0.1) is 12.3 Å². The van der Waals surface area contributed by atoms with Gasteiger partial charge in [0.15, 0.2) is 11.5 Å². The van der Waals surface area contributed by atoms with E-state index in [1.165, 1.54) is 6.07 Å². The van der Waals surface area contributed by atoms with Crippen molar-refractivity contribution < 1.29 is 23.0 Å². The molecule has 0 radical (unpaired) electrons. The number of carbonyl (C=O) groups is 1. The first-order chi connectivity index (χ1) is 12.0. The Labute approximate surface area is 148 Å². The molecule has 0 unspecified atom stereocenters. The van der Waals surface area contributed by atoms with Crippen LogP contribution in [0.2, 0.25) is 5.02 Å². The molecule has 130 valence electrons. The fourth-order valence-electron chi connectivity index (χ4n) is 2.55. The van der Waals surface area contributed by atoms with Gasteiger partial charge >= 0.3 is 6.61 Å². The lowest BCUT2D eigenvalue weighted by Crippen LogP contribution is -2.05. The van der Waals surface area contributed by atoms with E-state index in [0.717, 1.165) is 5.56 Å². The molecule has 1 aliphatic rings. The van der Waals surface area contributed by atoms with Gasteiger partial charge in [-0.15, -0.1) is 0 Å². The number of alkyl halides is 2. The Morgan fingerprint density at radius 3 is 2.72 bits per heavy atom. The molecular formula is C18H14ClF2NO3. The van der Waals surface area contributed by atoms with Crippen LogP contribution in [0.4, 0.5) is 14.5 Å². The predicted octanol–water partition coefficient (Wildman–Crippen LogP) is 4.83. The van der Waals surface area contributed by atoms with Crippen LogP contribution in [0.5, 0.6) is 11.5 Å². The molecule has 3 rings (SSSR count). The smallest absolute Gasteiger partial charge is 0.387 e. The van der Waals surface area contributed by atoms with Crippen molar-refractivity contribution >= 4 is 34.8 Å². The Balaban J connectivity index is 1.99. The molecule has 0 aliphatic carbocycles. The van der Waals surface area contributed by atoms with Crippen molar-refractivity contribution in [3.8, 4) is 11.5 Å². The molecule has 0 saturated heterocycles. The van der Waals surface area contributed by atoms with Gasteiger partial charge in [0.2, 0.25) is 0 Å². The van der Waals surface area contributed by atoms with Crippen molar-refractivity contribution in [3.05, 3.63) is 52.5 Å². The molecule has 7 heteroatoms. The number of nitrogens with one attached hydrogen (secondary N) is 1. The highest BCUT2D eigenvalue weighted by Crippen LogP contribution is 2.36. The summed E-state index contributed by atoms with van der Waals surface area (Å²) in [7, 11) is 0. The van der Waals surface area contributed by atoms with Crippen molar-refractivity contribution in [1.29, 1.82) is 0 Å². The molecule has 25 heavy (non-hydrogen) atoms. The third kappa shape index (κ3) is 3.74. The number of benzene rings is 2. The standard InChI is InChI=1S/C18H14ClF2NO3/c1-2-24-16-8-10(3-6-15(16)25-18(20)21)7-13-12-5-4-11(19)9-14(12)22-17(13)23/h3-9,18H,2H2,1H3,(H,22,23)/b13-7-. The van der Waals surface area contributed by atoms with Crippen molar-refractivity contribution in [2.24, 2.45) is 0 Å². The molecule has 0 spiro atoms. The fourth-order valence-corrected chi connectivity index (χ4v) is 2.72. The van der Waals surface area contributed by atoms with E-state index in [2.05, 4.69) is 10.1 Å². The predicted molar refractivity (Wildman–Crippen MR) is 92.2 cm³/mol. The van der Waals surface area contributed by atoms with Gasteiger partial charge in [-0.25, -0.2) is 0 Å². The van der Waals surface area contributed by atoms with Crippen LogP contribution in [-0.2, 0) is 4.79 Å². The molecule has 1 heterocycles. The second kappa shape index (κ2) is 7.11. The third-order valence-corrected chi connectivity index (χ3v) is 3.79. The Kier molecular flexibility index (Phi) is 4.90. The maximum absolute atomic E-state index is 12.5. The third-order valence-electron chi connectivity index (χ3n) is 3.56. The van der Waals surface area contributed by atoms with E-state index in [1.54, 1.807) is 43.3 Å². The Morgan fingerprint density at radius 1 is 1.20 bits per heavy atom. The largest absolute Gasteiger partial charge is 0.490 e. The number of rotatable bonds is 5. The summed E-state index contributed by atoms with van der Waals surface area (Å²) in [6.07, 6.45) is 1.66. The zero-order chi connectivity index (χ0) is 18.0. The lowest BCUT2D eigenvalue weighted by molar-refractivity contribution is -0.110. The molecule has 0 bridgehead atoms. The number of halogens is 3. The number of fused-ring (bicyclic) bond motifs is 1. The van der Waals surface area contributed by atoms with Gasteiger partial charge < -0.3 is 14.8 Å².